The van der Waals surface area contributed by atoms with Crippen LogP contribution in [-0.4, -0.2) is 23.6 Å². The van der Waals surface area contributed by atoms with Crippen molar-refractivity contribution in [2.45, 2.75) is 39.2 Å². The maximum atomic E-state index is 11.6. The van der Waals surface area contributed by atoms with Crippen molar-refractivity contribution < 1.29 is 9.53 Å². The predicted molar refractivity (Wildman–Crippen MR) is 68.5 cm³/mol. The highest BCUT2D eigenvalue weighted by Crippen LogP contribution is 2.30. The molecule has 1 aromatic heterocycles. The van der Waals surface area contributed by atoms with E-state index in [2.05, 4.69) is 17.2 Å². The molecule has 1 aliphatic carbocycles. The number of thiazole rings is 1. The van der Waals surface area contributed by atoms with E-state index in [4.69, 9.17) is 4.74 Å². The number of hydrogen-bond donors (Lipinski definition) is 1. The van der Waals surface area contributed by atoms with Gasteiger partial charge in [0.1, 0.15) is 5.00 Å². The number of hydrogen-bond acceptors (Lipinski definition) is 5. The molecular formula is C12H18N2O2S. The highest BCUT2D eigenvalue weighted by Gasteiger charge is 2.24. The van der Waals surface area contributed by atoms with Crippen LogP contribution in [-0.2, 0) is 4.74 Å². The monoisotopic (exact) mass is 254 g/mol. The summed E-state index contributed by atoms with van der Waals surface area (Å²) in [4.78, 5) is 15.7. The van der Waals surface area contributed by atoms with E-state index in [-0.39, 0.29) is 5.97 Å². The van der Waals surface area contributed by atoms with Gasteiger partial charge in [-0.3, -0.25) is 0 Å². The lowest BCUT2D eigenvalue weighted by atomic mass is 10.1. The largest absolute Gasteiger partial charge is 0.461 e. The Bertz CT molecular complexity index is 392. The number of rotatable bonds is 4. The van der Waals surface area contributed by atoms with Gasteiger partial charge in [-0.15, -0.1) is 11.3 Å². The molecule has 1 saturated carbocycles. The van der Waals surface area contributed by atoms with Crippen molar-refractivity contribution in [1.82, 2.24) is 4.98 Å². The molecule has 0 saturated heterocycles. The van der Waals surface area contributed by atoms with Gasteiger partial charge in [-0.1, -0.05) is 6.92 Å². The Balaban J connectivity index is 2.01. The number of nitrogens with zero attached hydrogens (tertiary/aromatic N) is 1. The molecule has 0 bridgehead atoms. The molecule has 94 valence electrons. The minimum absolute atomic E-state index is 0.331. The van der Waals surface area contributed by atoms with Gasteiger partial charge in [0.2, 0.25) is 0 Å². The van der Waals surface area contributed by atoms with Crippen molar-refractivity contribution >= 4 is 22.3 Å². The fourth-order valence-corrected chi connectivity index (χ4v) is 2.96. The molecule has 0 aromatic carbocycles. The second-order valence-electron chi connectivity index (χ2n) is 4.51. The van der Waals surface area contributed by atoms with Crippen molar-refractivity contribution in [2.24, 2.45) is 5.92 Å². The van der Waals surface area contributed by atoms with Crippen LogP contribution < -0.4 is 5.32 Å². The molecule has 0 aliphatic heterocycles. The maximum absolute atomic E-state index is 11.6. The van der Waals surface area contributed by atoms with E-state index in [9.17, 15) is 4.79 Å². The van der Waals surface area contributed by atoms with Gasteiger partial charge in [0, 0.05) is 6.04 Å². The SMILES string of the molecule is CCOC(=O)c1ncsc1NC1CCC(C)C1. The van der Waals surface area contributed by atoms with Crippen molar-refractivity contribution in [3.8, 4) is 0 Å². The quantitative estimate of drug-likeness (QED) is 0.839. The van der Waals surface area contributed by atoms with Crippen LogP contribution in [0.1, 0.15) is 43.6 Å². The summed E-state index contributed by atoms with van der Waals surface area (Å²) in [6.07, 6.45) is 3.59. The van der Waals surface area contributed by atoms with Gasteiger partial charge in [-0.2, -0.15) is 0 Å². The van der Waals surface area contributed by atoms with Gasteiger partial charge in [-0.25, -0.2) is 9.78 Å². The normalized spacial score (nSPS) is 23.6. The summed E-state index contributed by atoms with van der Waals surface area (Å²) in [6, 6.07) is 0.471. The Labute approximate surface area is 105 Å². The van der Waals surface area contributed by atoms with Crippen LogP contribution in [0.4, 0.5) is 5.00 Å². The van der Waals surface area contributed by atoms with Crippen LogP contribution in [0.5, 0.6) is 0 Å². The number of ether oxygens (including phenoxy) is 1. The Hall–Kier alpha value is -1.10. The first-order valence-electron chi connectivity index (χ1n) is 6.07. The number of carbonyl (C=O) groups excluding carboxylic acids is 1. The van der Waals surface area contributed by atoms with Crippen molar-refractivity contribution in [3.63, 3.8) is 0 Å². The van der Waals surface area contributed by atoms with Gasteiger partial charge >= 0.3 is 5.97 Å². The molecule has 17 heavy (non-hydrogen) atoms. The summed E-state index contributed by atoms with van der Waals surface area (Å²) in [5.74, 6) is 0.439. The van der Waals surface area contributed by atoms with Gasteiger partial charge in [0.25, 0.3) is 0 Å². The Kier molecular flexibility index (Phi) is 3.99. The van der Waals surface area contributed by atoms with E-state index in [0.29, 0.717) is 18.3 Å². The zero-order valence-corrected chi connectivity index (χ0v) is 11.0. The highest BCUT2D eigenvalue weighted by atomic mass is 32.1. The summed E-state index contributed by atoms with van der Waals surface area (Å²) in [6.45, 7) is 4.45. The maximum Gasteiger partial charge on any atom is 0.360 e. The number of aromatic nitrogens is 1. The Morgan fingerprint density at radius 3 is 3.12 bits per heavy atom. The molecule has 0 amide bonds. The van der Waals surface area contributed by atoms with Crippen molar-refractivity contribution in [1.29, 1.82) is 0 Å². The first kappa shape index (κ1) is 12.4. The molecule has 1 heterocycles. The Morgan fingerprint density at radius 2 is 2.47 bits per heavy atom. The van der Waals surface area contributed by atoms with E-state index in [0.717, 1.165) is 10.9 Å². The van der Waals surface area contributed by atoms with Crippen LogP contribution in [0.15, 0.2) is 5.51 Å². The van der Waals surface area contributed by atoms with E-state index < -0.39 is 0 Å². The molecule has 0 spiro atoms. The molecule has 2 atom stereocenters. The average Bonchev–Trinajstić information content (AvgIpc) is 2.89. The van der Waals surface area contributed by atoms with E-state index in [1.165, 1.54) is 30.6 Å². The third-order valence-corrected chi connectivity index (χ3v) is 3.82. The molecule has 1 N–H and O–H groups in total. The van der Waals surface area contributed by atoms with Gasteiger partial charge in [0.05, 0.1) is 12.1 Å². The molecule has 1 aromatic rings. The lowest BCUT2D eigenvalue weighted by Crippen LogP contribution is -2.17. The minimum atomic E-state index is -0.331. The molecule has 2 unspecified atom stereocenters. The third kappa shape index (κ3) is 2.97. The first-order chi connectivity index (χ1) is 8.20. The minimum Gasteiger partial charge on any atom is -0.461 e. The highest BCUT2D eigenvalue weighted by molar-refractivity contribution is 7.14. The van der Waals surface area contributed by atoms with Gasteiger partial charge < -0.3 is 10.1 Å². The smallest absolute Gasteiger partial charge is 0.360 e. The fraction of sp³-hybridized carbons (Fsp3) is 0.667. The molecule has 1 fully saturated rings. The molecular weight excluding hydrogens is 236 g/mol. The number of esters is 1. The van der Waals surface area contributed by atoms with Crippen LogP contribution in [0, 0.1) is 5.92 Å². The van der Waals surface area contributed by atoms with E-state index in [1.54, 1.807) is 12.4 Å². The van der Waals surface area contributed by atoms with Crippen LogP contribution in [0.3, 0.4) is 0 Å². The molecule has 4 nitrogen and oxygen atoms in total. The van der Waals surface area contributed by atoms with Crippen LogP contribution in [0.25, 0.3) is 0 Å². The number of anilines is 1. The van der Waals surface area contributed by atoms with Crippen molar-refractivity contribution in [3.05, 3.63) is 11.2 Å². The summed E-state index contributed by atoms with van der Waals surface area (Å²) in [5, 5.41) is 4.26. The van der Waals surface area contributed by atoms with Gasteiger partial charge in [-0.05, 0) is 32.1 Å². The fourth-order valence-electron chi connectivity index (χ4n) is 2.22. The van der Waals surface area contributed by atoms with Crippen LogP contribution >= 0.6 is 11.3 Å². The van der Waals surface area contributed by atoms with Crippen LogP contribution in [0.2, 0.25) is 0 Å². The van der Waals surface area contributed by atoms with Crippen molar-refractivity contribution in [2.75, 3.05) is 11.9 Å². The standard InChI is InChI=1S/C12H18N2O2S/c1-3-16-12(15)10-11(17-7-13-10)14-9-5-4-8(2)6-9/h7-9,14H,3-6H2,1-2H3. The summed E-state index contributed by atoms with van der Waals surface area (Å²) < 4.78 is 4.98. The predicted octanol–water partition coefficient (Wildman–Crippen LogP) is 2.92. The first-order valence-corrected chi connectivity index (χ1v) is 6.95. The molecule has 1 aliphatic rings. The average molecular weight is 254 g/mol. The summed E-state index contributed by atoms with van der Waals surface area (Å²) >= 11 is 1.47. The lowest BCUT2D eigenvalue weighted by molar-refractivity contribution is 0.0521. The zero-order chi connectivity index (χ0) is 12.3. The van der Waals surface area contributed by atoms with E-state index in [1.807, 2.05) is 0 Å². The number of nitrogens with one attached hydrogen (secondary N) is 1. The topological polar surface area (TPSA) is 51.2 Å². The van der Waals surface area contributed by atoms with Gasteiger partial charge in [0.15, 0.2) is 5.69 Å². The summed E-state index contributed by atoms with van der Waals surface area (Å²) in [7, 11) is 0. The van der Waals surface area contributed by atoms with E-state index >= 15 is 0 Å². The molecule has 5 heteroatoms. The molecule has 0 radical (unpaired) electrons. The number of carbonyl (C=O) groups is 1. The molecule has 2 rings (SSSR count). The second kappa shape index (κ2) is 5.49. The Morgan fingerprint density at radius 1 is 1.65 bits per heavy atom. The third-order valence-electron chi connectivity index (χ3n) is 3.07. The second-order valence-corrected chi connectivity index (χ2v) is 5.36. The summed E-state index contributed by atoms with van der Waals surface area (Å²) in [5.41, 5.74) is 2.11. The zero-order valence-electron chi connectivity index (χ0n) is 10.2. The lowest BCUT2D eigenvalue weighted by Gasteiger charge is -2.12.